The van der Waals surface area contributed by atoms with Crippen molar-refractivity contribution >= 4 is 5.65 Å². The quantitative estimate of drug-likeness (QED) is 0.726. The maximum absolute atomic E-state index is 9.36. The first-order valence-corrected chi connectivity index (χ1v) is 5.83. The number of rotatable bonds is 1. The van der Waals surface area contributed by atoms with Gasteiger partial charge in [-0.1, -0.05) is 30.3 Å². The van der Waals surface area contributed by atoms with Gasteiger partial charge in [0.05, 0.1) is 0 Å². The molecule has 5 nitrogen and oxygen atoms in total. The molecular formula is C15H7N5. The first kappa shape index (κ1) is 11.6. The molecule has 1 N–H and O–H groups in total. The van der Waals surface area contributed by atoms with E-state index in [1.54, 1.807) is 10.6 Å². The van der Waals surface area contributed by atoms with Gasteiger partial charge in [-0.05, 0) is 5.56 Å². The molecule has 1 aromatic carbocycles. The zero-order valence-electron chi connectivity index (χ0n) is 10.3. The van der Waals surface area contributed by atoms with E-state index in [4.69, 9.17) is 10.5 Å². The van der Waals surface area contributed by atoms with E-state index < -0.39 is 0 Å². The Morgan fingerprint density at radius 3 is 2.30 bits per heavy atom. The van der Waals surface area contributed by atoms with Crippen LogP contribution in [0.15, 0.2) is 36.5 Å². The van der Waals surface area contributed by atoms with E-state index in [9.17, 15) is 5.26 Å². The lowest BCUT2D eigenvalue weighted by atomic mass is 10.1. The summed E-state index contributed by atoms with van der Waals surface area (Å²) in [7, 11) is 0. The number of nitriles is 3. The smallest absolute Gasteiger partial charge is 0.160 e. The Bertz CT molecular complexity index is 923. The molecule has 2 heterocycles. The van der Waals surface area contributed by atoms with Gasteiger partial charge in [0, 0.05) is 11.8 Å². The van der Waals surface area contributed by atoms with Gasteiger partial charge in [-0.2, -0.15) is 15.8 Å². The zero-order chi connectivity index (χ0) is 14.1. The minimum Gasteiger partial charge on any atom is -0.329 e. The van der Waals surface area contributed by atoms with Gasteiger partial charge < -0.3 is 4.98 Å². The fourth-order valence-corrected chi connectivity index (χ4v) is 2.24. The minimum absolute atomic E-state index is 0.165. The SMILES string of the molecule is N#Cc1[nH]c2c(C#N)c(-c3ccccc3)cn2c1C#N. The minimum atomic E-state index is 0.165. The number of benzene rings is 1. The molecule has 2 aromatic heterocycles. The van der Waals surface area contributed by atoms with Crippen LogP contribution in [0.2, 0.25) is 0 Å². The Hall–Kier alpha value is -3.49. The van der Waals surface area contributed by atoms with Crippen LogP contribution in [0.3, 0.4) is 0 Å². The van der Waals surface area contributed by atoms with Crippen molar-refractivity contribution in [2.75, 3.05) is 0 Å². The molecular weight excluding hydrogens is 250 g/mol. The second-order valence-electron chi connectivity index (χ2n) is 4.19. The van der Waals surface area contributed by atoms with Crippen LogP contribution in [0.1, 0.15) is 17.0 Å². The van der Waals surface area contributed by atoms with E-state index >= 15 is 0 Å². The zero-order valence-corrected chi connectivity index (χ0v) is 10.3. The second-order valence-corrected chi connectivity index (χ2v) is 4.19. The Kier molecular flexibility index (Phi) is 2.50. The number of imidazole rings is 1. The number of hydrogen-bond donors (Lipinski definition) is 1. The third kappa shape index (κ3) is 1.47. The first-order valence-electron chi connectivity index (χ1n) is 5.83. The molecule has 3 aromatic rings. The van der Waals surface area contributed by atoms with Gasteiger partial charge in [0.2, 0.25) is 0 Å². The highest BCUT2D eigenvalue weighted by Gasteiger charge is 2.19. The lowest BCUT2D eigenvalue weighted by Gasteiger charge is -1.97. The van der Waals surface area contributed by atoms with Gasteiger partial charge in [-0.3, -0.25) is 4.40 Å². The van der Waals surface area contributed by atoms with Crippen molar-refractivity contribution in [2.24, 2.45) is 0 Å². The molecule has 0 aliphatic carbocycles. The number of nitrogens with zero attached hydrogens (tertiary/aromatic N) is 4. The van der Waals surface area contributed by atoms with Gasteiger partial charge >= 0.3 is 0 Å². The number of aromatic amines is 1. The largest absolute Gasteiger partial charge is 0.329 e. The number of H-pyrrole nitrogens is 1. The molecule has 0 spiro atoms. The van der Waals surface area contributed by atoms with Crippen molar-refractivity contribution in [2.45, 2.75) is 0 Å². The topological polar surface area (TPSA) is 91.6 Å². The molecule has 0 aliphatic rings. The summed E-state index contributed by atoms with van der Waals surface area (Å²) in [5.74, 6) is 0. The summed E-state index contributed by atoms with van der Waals surface area (Å²) in [6, 6.07) is 15.5. The van der Waals surface area contributed by atoms with Gasteiger partial charge in [-0.15, -0.1) is 0 Å². The van der Waals surface area contributed by atoms with Gasteiger partial charge in [-0.25, -0.2) is 0 Å². The summed E-state index contributed by atoms with van der Waals surface area (Å²) in [4.78, 5) is 2.83. The average molecular weight is 257 g/mol. The molecule has 0 unspecified atom stereocenters. The number of aromatic nitrogens is 2. The van der Waals surface area contributed by atoms with Crippen LogP contribution >= 0.6 is 0 Å². The molecule has 0 saturated heterocycles. The van der Waals surface area contributed by atoms with Crippen molar-refractivity contribution in [3.05, 3.63) is 53.5 Å². The molecule has 3 rings (SSSR count). The lowest BCUT2D eigenvalue weighted by molar-refractivity contribution is 1.18. The molecule has 0 fully saturated rings. The van der Waals surface area contributed by atoms with Crippen LogP contribution in [0.25, 0.3) is 16.8 Å². The van der Waals surface area contributed by atoms with Crippen LogP contribution in [-0.4, -0.2) is 9.38 Å². The molecule has 0 aliphatic heterocycles. The van der Waals surface area contributed by atoms with Crippen molar-refractivity contribution in [1.82, 2.24) is 9.38 Å². The van der Waals surface area contributed by atoms with E-state index in [1.807, 2.05) is 42.5 Å². The Morgan fingerprint density at radius 1 is 0.950 bits per heavy atom. The standard InChI is InChI=1S/C15H7N5/c16-6-11-12(10-4-2-1-3-5-10)9-20-14(8-18)13(7-17)19-15(11)20/h1-5,9,19H. The third-order valence-corrected chi connectivity index (χ3v) is 3.14. The monoisotopic (exact) mass is 257 g/mol. The van der Waals surface area contributed by atoms with Crippen molar-refractivity contribution in [3.8, 4) is 29.3 Å². The fraction of sp³-hybridized carbons (Fsp3) is 0. The number of hydrogen-bond acceptors (Lipinski definition) is 3. The molecule has 0 bridgehead atoms. The highest BCUT2D eigenvalue weighted by Crippen LogP contribution is 2.29. The predicted molar refractivity (Wildman–Crippen MR) is 71.3 cm³/mol. The van der Waals surface area contributed by atoms with Crippen LogP contribution in [0, 0.1) is 34.0 Å². The second kappa shape index (κ2) is 4.31. The average Bonchev–Trinajstić information content (AvgIpc) is 3.02. The molecule has 20 heavy (non-hydrogen) atoms. The number of fused-ring (bicyclic) bond motifs is 1. The van der Waals surface area contributed by atoms with Crippen LogP contribution in [0.5, 0.6) is 0 Å². The van der Waals surface area contributed by atoms with Gasteiger partial charge in [0.1, 0.15) is 29.4 Å². The summed E-state index contributed by atoms with van der Waals surface area (Å²) in [6.07, 6.45) is 1.71. The van der Waals surface area contributed by atoms with E-state index in [0.717, 1.165) is 11.1 Å². The predicted octanol–water partition coefficient (Wildman–Crippen LogP) is 2.55. The first-order chi connectivity index (χ1) is 9.80. The highest BCUT2D eigenvalue weighted by molar-refractivity contribution is 5.80. The highest BCUT2D eigenvalue weighted by atomic mass is 15.0. The fourth-order valence-electron chi connectivity index (χ4n) is 2.24. The van der Waals surface area contributed by atoms with E-state index in [-0.39, 0.29) is 11.4 Å². The van der Waals surface area contributed by atoms with Crippen LogP contribution in [-0.2, 0) is 0 Å². The van der Waals surface area contributed by atoms with E-state index in [0.29, 0.717) is 11.2 Å². The van der Waals surface area contributed by atoms with E-state index in [1.165, 1.54) is 0 Å². The summed E-state index contributed by atoms with van der Waals surface area (Å²) in [6.45, 7) is 0. The molecule has 0 atom stereocenters. The lowest BCUT2D eigenvalue weighted by Crippen LogP contribution is -1.85. The van der Waals surface area contributed by atoms with Crippen molar-refractivity contribution in [1.29, 1.82) is 15.8 Å². The molecule has 5 heteroatoms. The summed E-state index contributed by atoms with van der Waals surface area (Å²) in [5, 5.41) is 27.5. The summed E-state index contributed by atoms with van der Waals surface area (Å²) >= 11 is 0. The van der Waals surface area contributed by atoms with Crippen LogP contribution < -0.4 is 0 Å². The Balaban J connectivity index is 2.39. The molecule has 0 saturated carbocycles. The van der Waals surface area contributed by atoms with Crippen molar-refractivity contribution < 1.29 is 0 Å². The van der Waals surface area contributed by atoms with E-state index in [2.05, 4.69) is 11.1 Å². The van der Waals surface area contributed by atoms with Gasteiger partial charge in [0.25, 0.3) is 0 Å². The summed E-state index contributed by atoms with van der Waals surface area (Å²) < 4.78 is 1.56. The van der Waals surface area contributed by atoms with Crippen molar-refractivity contribution in [3.63, 3.8) is 0 Å². The molecule has 0 radical (unpaired) electrons. The normalized spacial score (nSPS) is 9.85. The summed E-state index contributed by atoms with van der Waals surface area (Å²) in [5.41, 5.74) is 2.90. The number of nitrogens with one attached hydrogen (secondary N) is 1. The van der Waals surface area contributed by atoms with Crippen LogP contribution in [0.4, 0.5) is 0 Å². The van der Waals surface area contributed by atoms with Gasteiger partial charge in [0.15, 0.2) is 11.4 Å². The maximum Gasteiger partial charge on any atom is 0.160 e. The Labute approximate surface area is 114 Å². The maximum atomic E-state index is 9.36. The molecule has 92 valence electrons. The molecule has 0 amide bonds. The third-order valence-electron chi connectivity index (χ3n) is 3.14. The Morgan fingerprint density at radius 2 is 1.70 bits per heavy atom.